The van der Waals surface area contributed by atoms with E-state index in [0.717, 1.165) is 31.2 Å². The number of carbonyl (C=O) groups is 1. The van der Waals surface area contributed by atoms with E-state index in [4.69, 9.17) is 0 Å². The Bertz CT molecular complexity index is 567. The van der Waals surface area contributed by atoms with Gasteiger partial charge in [-0.1, -0.05) is 6.07 Å². The third-order valence-corrected chi connectivity index (χ3v) is 3.90. The summed E-state index contributed by atoms with van der Waals surface area (Å²) in [6.07, 6.45) is 5.83. The normalized spacial score (nSPS) is 17.2. The van der Waals surface area contributed by atoms with Gasteiger partial charge < -0.3 is 9.36 Å². The van der Waals surface area contributed by atoms with Crippen LogP contribution in [0.25, 0.3) is 11.0 Å². The lowest BCUT2D eigenvalue weighted by Crippen LogP contribution is -2.06. The molecule has 3 rings (SSSR count). The Morgan fingerprint density at radius 2 is 2.29 bits per heavy atom. The molecule has 0 atom stereocenters. The zero-order valence-electron chi connectivity index (χ0n) is 10.0. The number of fused-ring (bicyclic) bond motifs is 1. The van der Waals surface area contributed by atoms with Gasteiger partial charge in [-0.2, -0.15) is 0 Å². The first-order chi connectivity index (χ1) is 8.29. The third-order valence-electron chi connectivity index (χ3n) is 3.90. The lowest BCUT2D eigenvalue weighted by Gasteiger charge is -2.12. The first kappa shape index (κ1) is 10.5. The zero-order valence-corrected chi connectivity index (χ0v) is 10.0. The standard InChI is InChI=1S/C14H16N2O/c1-2-16-10-15-12-9-11(3-4-13(12)16)14(5-6-14)7-8-17/h3-4,8-10H,2,5-7H2,1H3. The van der Waals surface area contributed by atoms with Gasteiger partial charge in [0.05, 0.1) is 17.4 Å². The fourth-order valence-electron chi connectivity index (χ4n) is 2.57. The molecule has 0 N–H and O–H groups in total. The van der Waals surface area contributed by atoms with Crippen molar-refractivity contribution in [1.29, 1.82) is 0 Å². The first-order valence-electron chi connectivity index (χ1n) is 6.18. The average Bonchev–Trinajstić information content (AvgIpc) is 3.02. The predicted molar refractivity (Wildman–Crippen MR) is 67.0 cm³/mol. The summed E-state index contributed by atoms with van der Waals surface area (Å²) in [5.74, 6) is 0. The Morgan fingerprint density at radius 1 is 1.47 bits per heavy atom. The number of nitrogens with zero attached hydrogens (tertiary/aromatic N) is 2. The highest BCUT2D eigenvalue weighted by molar-refractivity contribution is 5.77. The molecule has 0 bridgehead atoms. The van der Waals surface area contributed by atoms with E-state index >= 15 is 0 Å². The number of hydrogen-bond acceptors (Lipinski definition) is 2. The van der Waals surface area contributed by atoms with Crippen LogP contribution in [0.15, 0.2) is 24.5 Å². The fraction of sp³-hybridized carbons (Fsp3) is 0.429. The van der Waals surface area contributed by atoms with Crippen molar-refractivity contribution in [2.45, 2.75) is 38.1 Å². The van der Waals surface area contributed by atoms with Gasteiger partial charge in [0.1, 0.15) is 6.29 Å². The van der Waals surface area contributed by atoms with Crippen molar-refractivity contribution in [2.75, 3.05) is 0 Å². The maximum absolute atomic E-state index is 10.7. The SMILES string of the molecule is CCn1cnc2cc(C3(CC=O)CC3)ccc21. The largest absolute Gasteiger partial charge is 0.331 e. The van der Waals surface area contributed by atoms with Gasteiger partial charge in [0.25, 0.3) is 0 Å². The van der Waals surface area contributed by atoms with Gasteiger partial charge in [0.2, 0.25) is 0 Å². The Hall–Kier alpha value is -1.64. The summed E-state index contributed by atoms with van der Waals surface area (Å²) < 4.78 is 2.14. The molecular formula is C14H16N2O. The molecule has 0 radical (unpaired) electrons. The van der Waals surface area contributed by atoms with Gasteiger partial charge in [0.15, 0.2) is 0 Å². The molecule has 1 aliphatic carbocycles. The second-order valence-corrected chi connectivity index (χ2v) is 4.89. The van der Waals surface area contributed by atoms with Crippen molar-refractivity contribution in [1.82, 2.24) is 9.55 Å². The molecule has 1 saturated carbocycles. The zero-order chi connectivity index (χ0) is 11.9. The minimum absolute atomic E-state index is 0.131. The lowest BCUT2D eigenvalue weighted by atomic mass is 9.93. The van der Waals surface area contributed by atoms with Crippen LogP contribution in [0.5, 0.6) is 0 Å². The van der Waals surface area contributed by atoms with Crippen molar-refractivity contribution in [3.8, 4) is 0 Å². The molecule has 0 aliphatic heterocycles. The summed E-state index contributed by atoms with van der Waals surface area (Å²) in [5, 5.41) is 0. The molecule has 0 amide bonds. The van der Waals surface area contributed by atoms with Gasteiger partial charge in [-0.25, -0.2) is 4.98 Å². The molecule has 0 unspecified atom stereocenters. The summed E-state index contributed by atoms with van der Waals surface area (Å²) in [4.78, 5) is 15.2. The maximum atomic E-state index is 10.7. The van der Waals surface area contributed by atoms with E-state index < -0.39 is 0 Å². The first-order valence-corrected chi connectivity index (χ1v) is 6.18. The molecule has 1 fully saturated rings. The minimum atomic E-state index is 0.131. The number of carbonyl (C=O) groups excluding carboxylic acids is 1. The van der Waals surface area contributed by atoms with E-state index in [9.17, 15) is 4.79 Å². The van der Waals surface area contributed by atoms with Gasteiger partial charge >= 0.3 is 0 Å². The van der Waals surface area contributed by atoms with Gasteiger partial charge in [0, 0.05) is 18.4 Å². The summed E-state index contributed by atoms with van der Waals surface area (Å²) in [5.41, 5.74) is 3.63. The van der Waals surface area contributed by atoms with Crippen LogP contribution in [0.4, 0.5) is 0 Å². The number of benzene rings is 1. The number of rotatable bonds is 4. The molecule has 2 aromatic rings. The average molecular weight is 228 g/mol. The Morgan fingerprint density at radius 3 is 2.94 bits per heavy atom. The topological polar surface area (TPSA) is 34.9 Å². The highest BCUT2D eigenvalue weighted by atomic mass is 16.1. The van der Waals surface area contributed by atoms with Crippen LogP contribution in [0.1, 0.15) is 31.7 Å². The van der Waals surface area contributed by atoms with E-state index in [0.29, 0.717) is 6.42 Å². The van der Waals surface area contributed by atoms with E-state index in [1.54, 1.807) is 0 Å². The van der Waals surface area contributed by atoms with Crippen LogP contribution >= 0.6 is 0 Å². The second kappa shape index (κ2) is 3.69. The molecule has 0 spiro atoms. The Kier molecular flexibility index (Phi) is 2.28. The summed E-state index contributed by atoms with van der Waals surface area (Å²) in [6.45, 7) is 3.05. The van der Waals surface area contributed by atoms with Crippen LogP contribution in [0.2, 0.25) is 0 Å². The number of imidazole rings is 1. The van der Waals surface area contributed by atoms with Crippen molar-refractivity contribution >= 4 is 17.3 Å². The van der Waals surface area contributed by atoms with Crippen molar-refractivity contribution in [3.63, 3.8) is 0 Å². The maximum Gasteiger partial charge on any atom is 0.120 e. The highest BCUT2D eigenvalue weighted by Gasteiger charge is 2.43. The lowest BCUT2D eigenvalue weighted by molar-refractivity contribution is -0.108. The fourth-order valence-corrected chi connectivity index (χ4v) is 2.57. The predicted octanol–water partition coefficient (Wildman–Crippen LogP) is 2.68. The molecule has 3 heteroatoms. The third kappa shape index (κ3) is 1.57. The van der Waals surface area contributed by atoms with E-state index in [1.807, 2.05) is 6.33 Å². The van der Waals surface area contributed by atoms with Gasteiger partial charge in [-0.3, -0.25) is 0 Å². The molecule has 1 aliphatic rings. The van der Waals surface area contributed by atoms with Gasteiger partial charge in [-0.05, 0) is 37.5 Å². The molecule has 88 valence electrons. The van der Waals surface area contributed by atoms with E-state index in [2.05, 4.69) is 34.7 Å². The van der Waals surface area contributed by atoms with Crippen LogP contribution in [0.3, 0.4) is 0 Å². The Balaban J connectivity index is 2.05. The molecule has 3 nitrogen and oxygen atoms in total. The van der Waals surface area contributed by atoms with Crippen molar-refractivity contribution in [3.05, 3.63) is 30.1 Å². The summed E-state index contributed by atoms with van der Waals surface area (Å²) in [7, 11) is 0. The van der Waals surface area contributed by atoms with Crippen LogP contribution in [-0.4, -0.2) is 15.8 Å². The van der Waals surface area contributed by atoms with Crippen LogP contribution < -0.4 is 0 Å². The quantitative estimate of drug-likeness (QED) is 0.754. The molecule has 1 heterocycles. The summed E-state index contributed by atoms with van der Waals surface area (Å²) >= 11 is 0. The summed E-state index contributed by atoms with van der Waals surface area (Å²) in [6, 6.07) is 6.44. The number of aryl methyl sites for hydroxylation is 1. The van der Waals surface area contributed by atoms with Crippen LogP contribution in [-0.2, 0) is 16.8 Å². The van der Waals surface area contributed by atoms with Crippen LogP contribution in [0, 0.1) is 0 Å². The minimum Gasteiger partial charge on any atom is -0.331 e. The van der Waals surface area contributed by atoms with E-state index in [1.165, 1.54) is 11.1 Å². The number of hydrogen-bond donors (Lipinski definition) is 0. The van der Waals surface area contributed by atoms with Crippen molar-refractivity contribution in [2.24, 2.45) is 0 Å². The second-order valence-electron chi connectivity index (χ2n) is 4.89. The highest BCUT2D eigenvalue weighted by Crippen LogP contribution is 2.50. The smallest absolute Gasteiger partial charge is 0.120 e. The monoisotopic (exact) mass is 228 g/mol. The molecule has 1 aromatic heterocycles. The van der Waals surface area contributed by atoms with E-state index in [-0.39, 0.29) is 5.41 Å². The molecule has 0 saturated heterocycles. The Labute approximate surface area is 100 Å². The van der Waals surface area contributed by atoms with Crippen molar-refractivity contribution < 1.29 is 4.79 Å². The molecular weight excluding hydrogens is 212 g/mol. The number of aromatic nitrogens is 2. The number of aldehydes is 1. The molecule has 1 aromatic carbocycles. The molecule has 17 heavy (non-hydrogen) atoms. The van der Waals surface area contributed by atoms with Gasteiger partial charge in [-0.15, -0.1) is 0 Å².